The molecule has 0 aromatic rings. The average molecular weight is 269 g/mol. The van der Waals surface area contributed by atoms with Gasteiger partial charge in [0.1, 0.15) is 0 Å². The van der Waals surface area contributed by atoms with Crippen molar-refractivity contribution in [1.82, 2.24) is 0 Å². The first kappa shape index (κ1) is 16.5. The summed E-state index contributed by atoms with van der Waals surface area (Å²) in [5.41, 5.74) is 5.65. The lowest BCUT2D eigenvalue weighted by atomic mass is 9.84. The second kappa shape index (κ2) is 9.35. The summed E-state index contributed by atoms with van der Waals surface area (Å²) in [4.78, 5) is 10.7. The molecule has 0 amide bonds. The lowest BCUT2D eigenvalue weighted by Gasteiger charge is -2.23. The summed E-state index contributed by atoms with van der Waals surface area (Å²) in [5, 5.41) is 8.82. The second-order valence-corrected chi connectivity index (χ2v) is 6.48. The number of nitrogens with two attached hydrogens (primary N) is 1. The van der Waals surface area contributed by atoms with E-state index in [9.17, 15) is 4.79 Å². The first-order valence-electron chi connectivity index (χ1n) is 8.03. The van der Waals surface area contributed by atoms with Gasteiger partial charge in [-0.25, -0.2) is 0 Å². The summed E-state index contributed by atoms with van der Waals surface area (Å²) in [7, 11) is 0. The Morgan fingerprint density at radius 3 is 2.58 bits per heavy atom. The fourth-order valence-electron chi connectivity index (χ4n) is 3.43. The molecule has 1 aliphatic rings. The fourth-order valence-corrected chi connectivity index (χ4v) is 3.43. The normalized spacial score (nSPS) is 20.1. The topological polar surface area (TPSA) is 63.3 Å². The Kier molecular flexibility index (Phi) is 8.11. The SMILES string of the molecule is C[C@H](CCCC1CCCCC1)CC(CN)CC(=O)O. The maximum Gasteiger partial charge on any atom is 0.303 e. The van der Waals surface area contributed by atoms with E-state index < -0.39 is 5.97 Å². The zero-order valence-corrected chi connectivity index (χ0v) is 12.4. The van der Waals surface area contributed by atoms with E-state index in [1.165, 1.54) is 51.4 Å². The van der Waals surface area contributed by atoms with Crippen molar-refractivity contribution < 1.29 is 9.90 Å². The Bertz CT molecular complexity index is 249. The molecule has 1 unspecified atom stereocenters. The molecule has 3 nitrogen and oxygen atoms in total. The van der Waals surface area contributed by atoms with Crippen LogP contribution in [0.2, 0.25) is 0 Å². The van der Waals surface area contributed by atoms with Crippen molar-refractivity contribution in [3.63, 3.8) is 0 Å². The van der Waals surface area contributed by atoms with Gasteiger partial charge in [-0.2, -0.15) is 0 Å². The lowest BCUT2D eigenvalue weighted by Crippen LogP contribution is -2.20. The highest BCUT2D eigenvalue weighted by Gasteiger charge is 2.17. The van der Waals surface area contributed by atoms with Crippen molar-refractivity contribution in [3.8, 4) is 0 Å². The van der Waals surface area contributed by atoms with E-state index in [-0.39, 0.29) is 12.3 Å². The number of carbonyl (C=O) groups is 1. The Labute approximate surface area is 118 Å². The number of carboxylic acids is 1. The van der Waals surface area contributed by atoms with Crippen LogP contribution in [0.15, 0.2) is 0 Å². The molecule has 3 N–H and O–H groups in total. The third kappa shape index (κ3) is 7.56. The lowest BCUT2D eigenvalue weighted by molar-refractivity contribution is -0.138. The van der Waals surface area contributed by atoms with E-state index in [1.807, 2.05) is 0 Å². The van der Waals surface area contributed by atoms with E-state index >= 15 is 0 Å². The second-order valence-electron chi connectivity index (χ2n) is 6.48. The summed E-state index contributed by atoms with van der Waals surface area (Å²) >= 11 is 0. The zero-order valence-electron chi connectivity index (χ0n) is 12.4. The number of hydrogen-bond donors (Lipinski definition) is 2. The highest BCUT2D eigenvalue weighted by atomic mass is 16.4. The Balaban J connectivity index is 2.11. The summed E-state index contributed by atoms with van der Waals surface area (Å²) in [6, 6.07) is 0. The van der Waals surface area contributed by atoms with Gasteiger partial charge in [-0.15, -0.1) is 0 Å². The molecule has 0 spiro atoms. The van der Waals surface area contributed by atoms with Crippen molar-refractivity contribution in [2.45, 2.75) is 71.1 Å². The van der Waals surface area contributed by atoms with Gasteiger partial charge in [0, 0.05) is 6.42 Å². The minimum atomic E-state index is -0.718. The highest BCUT2D eigenvalue weighted by Crippen LogP contribution is 2.29. The number of aliphatic carboxylic acids is 1. The molecule has 0 radical (unpaired) electrons. The smallest absolute Gasteiger partial charge is 0.303 e. The quantitative estimate of drug-likeness (QED) is 0.669. The molecule has 2 atom stereocenters. The van der Waals surface area contributed by atoms with Crippen LogP contribution in [-0.2, 0) is 4.79 Å². The van der Waals surface area contributed by atoms with Gasteiger partial charge in [0.05, 0.1) is 0 Å². The van der Waals surface area contributed by atoms with Gasteiger partial charge in [0.15, 0.2) is 0 Å². The van der Waals surface area contributed by atoms with E-state index in [2.05, 4.69) is 6.92 Å². The van der Waals surface area contributed by atoms with Gasteiger partial charge >= 0.3 is 5.97 Å². The number of carboxylic acid groups (broad SMARTS) is 1. The summed E-state index contributed by atoms with van der Waals surface area (Å²) in [6.07, 6.45) is 12.2. The number of hydrogen-bond acceptors (Lipinski definition) is 2. The first-order valence-corrected chi connectivity index (χ1v) is 8.03. The van der Waals surface area contributed by atoms with Crippen molar-refractivity contribution in [2.75, 3.05) is 6.54 Å². The summed E-state index contributed by atoms with van der Waals surface area (Å²) in [6.45, 7) is 2.74. The Hall–Kier alpha value is -0.570. The molecule has 0 bridgehead atoms. The molecule has 3 heteroatoms. The molecule has 0 heterocycles. The van der Waals surface area contributed by atoms with Gasteiger partial charge in [-0.05, 0) is 30.7 Å². The van der Waals surface area contributed by atoms with Crippen LogP contribution in [0.1, 0.15) is 71.1 Å². The van der Waals surface area contributed by atoms with Crippen molar-refractivity contribution >= 4 is 5.97 Å². The van der Waals surface area contributed by atoms with E-state index in [4.69, 9.17) is 10.8 Å². The van der Waals surface area contributed by atoms with Crippen LogP contribution in [0, 0.1) is 17.8 Å². The van der Waals surface area contributed by atoms with Crippen molar-refractivity contribution in [1.29, 1.82) is 0 Å². The monoisotopic (exact) mass is 269 g/mol. The van der Waals surface area contributed by atoms with Gasteiger partial charge in [0.25, 0.3) is 0 Å². The summed E-state index contributed by atoms with van der Waals surface area (Å²) < 4.78 is 0. The minimum Gasteiger partial charge on any atom is -0.481 e. The fraction of sp³-hybridized carbons (Fsp3) is 0.938. The predicted molar refractivity (Wildman–Crippen MR) is 79.0 cm³/mol. The molecule has 0 aromatic carbocycles. The van der Waals surface area contributed by atoms with Crippen LogP contribution in [0.5, 0.6) is 0 Å². The molecule has 0 aliphatic heterocycles. The molecule has 1 rings (SSSR count). The average Bonchev–Trinajstić information content (AvgIpc) is 2.38. The van der Waals surface area contributed by atoms with Crippen LogP contribution in [0.25, 0.3) is 0 Å². The Morgan fingerprint density at radius 2 is 2.00 bits per heavy atom. The zero-order chi connectivity index (χ0) is 14.1. The number of rotatable bonds is 9. The van der Waals surface area contributed by atoms with Crippen molar-refractivity contribution in [2.24, 2.45) is 23.5 Å². The van der Waals surface area contributed by atoms with Crippen LogP contribution in [0.3, 0.4) is 0 Å². The van der Waals surface area contributed by atoms with Gasteiger partial charge in [-0.1, -0.05) is 58.3 Å². The van der Waals surface area contributed by atoms with Crippen LogP contribution >= 0.6 is 0 Å². The maximum atomic E-state index is 10.7. The van der Waals surface area contributed by atoms with Crippen LogP contribution in [-0.4, -0.2) is 17.6 Å². The molecular formula is C16H31NO2. The minimum absolute atomic E-state index is 0.155. The van der Waals surface area contributed by atoms with Crippen molar-refractivity contribution in [3.05, 3.63) is 0 Å². The molecule has 19 heavy (non-hydrogen) atoms. The van der Waals surface area contributed by atoms with Gasteiger partial charge in [-0.3, -0.25) is 4.79 Å². The largest absolute Gasteiger partial charge is 0.481 e. The third-order valence-electron chi connectivity index (χ3n) is 4.57. The molecule has 1 aliphatic carbocycles. The molecule has 1 fully saturated rings. The molecule has 0 aromatic heterocycles. The molecule has 0 saturated heterocycles. The van der Waals surface area contributed by atoms with Crippen LogP contribution < -0.4 is 5.73 Å². The van der Waals surface area contributed by atoms with Gasteiger partial charge < -0.3 is 10.8 Å². The van der Waals surface area contributed by atoms with E-state index in [1.54, 1.807) is 0 Å². The standard InChI is InChI=1S/C16H31NO2/c1-13(10-15(12-17)11-16(18)19)6-5-9-14-7-3-2-4-8-14/h13-15H,2-12,17H2,1H3,(H,18,19)/t13-,15?/m1/s1. The summed E-state index contributed by atoms with van der Waals surface area (Å²) in [5.74, 6) is 1.01. The molecular weight excluding hydrogens is 238 g/mol. The predicted octanol–water partition coefficient (Wildman–Crippen LogP) is 3.81. The first-order chi connectivity index (χ1) is 9.11. The van der Waals surface area contributed by atoms with E-state index in [0.717, 1.165) is 12.3 Å². The van der Waals surface area contributed by atoms with Gasteiger partial charge in [0.2, 0.25) is 0 Å². The molecule has 1 saturated carbocycles. The molecule has 112 valence electrons. The highest BCUT2D eigenvalue weighted by molar-refractivity contribution is 5.67. The Morgan fingerprint density at radius 1 is 1.32 bits per heavy atom. The third-order valence-corrected chi connectivity index (χ3v) is 4.57. The maximum absolute atomic E-state index is 10.7. The van der Waals surface area contributed by atoms with Crippen LogP contribution in [0.4, 0.5) is 0 Å². The van der Waals surface area contributed by atoms with E-state index in [0.29, 0.717) is 12.5 Å².